The second-order valence-corrected chi connectivity index (χ2v) is 8.26. The first kappa shape index (κ1) is 13.5. The van der Waals surface area contributed by atoms with E-state index in [4.69, 9.17) is 10.7 Å². The number of hydrogen-bond donors (Lipinski definition) is 1. The minimum atomic E-state index is -0.226. The smallest absolute Gasteiger partial charge is 0.114 e. The summed E-state index contributed by atoms with van der Waals surface area (Å²) in [5.41, 5.74) is 7.76. The third-order valence-corrected chi connectivity index (χ3v) is 5.47. The van der Waals surface area contributed by atoms with Crippen molar-refractivity contribution in [1.82, 2.24) is 9.88 Å². The van der Waals surface area contributed by atoms with Gasteiger partial charge in [0.2, 0.25) is 0 Å². The molecule has 1 aromatic heterocycles. The summed E-state index contributed by atoms with van der Waals surface area (Å²) >= 11 is 1.75. The minimum Gasteiger partial charge on any atom is -0.318 e. The second-order valence-electron chi connectivity index (χ2n) is 7.40. The quantitative estimate of drug-likeness (QED) is 0.905. The van der Waals surface area contributed by atoms with Crippen LogP contribution in [0.25, 0.3) is 0 Å². The predicted octanol–water partition coefficient (Wildman–Crippen LogP) is 2.85. The third-order valence-electron chi connectivity index (χ3n) is 4.40. The first-order valence-corrected chi connectivity index (χ1v) is 8.19. The number of thiazole rings is 1. The van der Waals surface area contributed by atoms with Crippen LogP contribution in [0, 0.1) is 0 Å². The summed E-state index contributed by atoms with van der Waals surface area (Å²) in [4.78, 5) is 7.45. The van der Waals surface area contributed by atoms with E-state index in [0.29, 0.717) is 6.04 Å². The molecule has 1 saturated carbocycles. The lowest BCUT2D eigenvalue weighted by Crippen LogP contribution is -2.40. The largest absolute Gasteiger partial charge is 0.318 e. The molecule has 2 aliphatic rings. The molecule has 106 valence electrons. The van der Waals surface area contributed by atoms with E-state index in [1.807, 2.05) is 0 Å². The highest BCUT2D eigenvalue weighted by Crippen LogP contribution is 2.41. The van der Waals surface area contributed by atoms with Crippen molar-refractivity contribution >= 4 is 11.3 Å². The number of rotatable bonds is 2. The molecule has 1 aliphatic heterocycles. The Balaban J connectivity index is 1.83. The molecular weight excluding hydrogens is 254 g/mol. The van der Waals surface area contributed by atoms with Crippen LogP contribution in [0.15, 0.2) is 5.38 Å². The molecule has 0 aromatic carbocycles. The van der Waals surface area contributed by atoms with Gasteiger partial charge in [0, 0.05) is 29.4 Å². The van der Waals surface area contributed by atoms with E-state index in [0.717, 1.165) is 24.0 Å². The lowest BCUT2D eigenvalue weighted by molar-refractivity contribution is 0.249. The van der Waals surface area contributed by atoms with Crippen molar-refractivity contribution in [3.8, 4) is 0 Å². The molecule has 4 heteroatoms. The van der Waals surface area contributed by atoms with Crippen LogP contribution in [0.4, 0.5) is 0 Å². The highest BCUT2D eigenvalue weighted by atomic mass is 32.1. The maximum atomic E-state index is 6.69. The van der Waals surface area contributed by atoms with Gasteiger partial charge in [0.05, 0.1) is 11.2 Å². The van der Waals surface area contributed by atoms with E-state index in [2.05, 4.69) is 38.0 Å². The number of likely N-dealkylation sites (tertiary alicyclic amines) is 1. The Morgan fingerprint density at radius 3 is 2.63 bits per heavy atom. The SMILES string of the molecule is CC1CC(N)(c2nc(C(C)(C)C)cs2)CN1C1CC1. The predicted molar refractivity (Wildman–Crippen MR) is 80.5 cm³/mol. The van der Waals surface area contributed by atoms with E-state index in [-0.39, 0.29) is 11.0 Å². The topological polar surface area (TPSA) is 42.1 Å². The maximum Gasteiger partial charge on any atom is 0.114 e. The summed E-state index contributed by atoms with van der Waals surface area (Å²) in [5, 5.41) is 3.32. The van der Waals surface area contributed by atoms with Gasteiger partial charge in [-0.05, 0) is 26.2 Å². The van der Waals surface area contributed by atoms with Gasteiger partial charge in [-0.3, -0.25) is 4.90 Å². The van der Waals surface area contributed by atoms with Crippen molar-refractivity contribution in [2.75, 3.05) is 6.54 Å². The summed E-state index contributed by atoms with van der Waals surface area (Å²) < 4.78 is 0. The molecule has 2 atom stereocenters. The molecule has 0 radical (unpaired) electrons. The summed E-state index contributed by atoms with van der Waals surface area (Å²) in [7, 11) is 0. The van der Waals surface area contributed by atoms with Crippen molar-refractivity contribution in [1.29, 1.82) is 0 Å². The molecule has 2 fully saturated rings. The average Bonchev–Trinajstić information content (AvgIpc) is 2.88. The number of hydrogen-bond acceptors (Lipinski definition) is 4. The summed E-state index contributed by atoms with van der Waals surface area (Å²) in [6.07, 6.45) is 3.75. The first-order valence-electron chi connectivity index (χ1n) is 7.31. The number of aromatic nitrogens is 1. The minimum absolute atomic E-state index is 0.117. The zero-order valence-electron chi connectivity index (χ0n) is 12.4. The lowest BCUT2D eigenvalue weighted by atomic mass is 9.93. The zero-order valence-corrected chi connectivity index (χ0v) is 13.3. The van der Waals surface area contributed by atoms with Gasteiger partial charge in [-0.25, -0.2) is 4.98 Å². The van der Waals surface area contributed by atoms with E-state index in [9.17, 15) is 0 Å². The standard InChI is InChI=1S/C15H25N3S/c1-10-7-15(16,9-18(10)11-5-6-11)13-17-12(8-19-13)14(2,3)4/h8,10-11H,5-7,9,16H2,1-4H3. The van der Waals surface area contributed by atoms with Crippen LogP contribution in [-0.2, 0) is 11.0 Å². The molecule has 0 bridgehead atoms. The van der Waals surface area contributed by atoms with Gasteiger partial charge in [-0.2, -0.15) is 0 Å². The first-order chi connectivity index (χ1) is 8.79. The van der Waals surface area contributed by atoms with Crippen molar-refractivity contribution in [3.63, 3.8) is 0 Å². The third kappa shape index (κ3) is 2.46. The number of nitrogens with two attached hydrogens (primary N) is 1. The lowest BCUT2D eigenvalue weighted by Gasteiger charge is -2.23. The molecule has 2 heterocycles. The second kappa shape index (κ2) is 4.27. The van der Waals surface area contributed by atoms with Gasteiger partial charge in [0.1, 0.15) is 5.01 Å². The fourth-order valence-corrected chi connectivity index (χ4v) is 4.25. The molecule has 0 spiro atoms. The summed E-state index contributed by atoms with van der Waals surface area (Å²) in [6, 6.07) is 1.39. The van der Waals surface area contributed by atoms with Crippen LogP contribution in [0.2, 0.25) is 0 Å². The van der Waals surface area contributed by atoms with Crippen molar-refractivity contribution in [2.24, 2.45) is 5.73 Å². The Kier molecular flexibility index (Phi) is 3.04. The van der Waals surface area contributed by atoms with Crippen LogP contribution < -0.4 is 5.73 Å². The molecule has 1 saturated heterocycles. The fraction of sp³-hybridized carbons (Fsp3) is 0.800. The monoisotopic (exact) mass is 279 g/mol. The van der Waals surface area contributed by atoms with Gasteiger partial charge in [-0.15, -0.1) is 11.3 Å². The van der Waals surface area contributed by atoms with Gasteiger partial charge in [0.25, 0.3) is 0 Å². The molecule has 1 aromatic rings. The van der Waals surface area contributed by atoms with Gasteiger partial charge >= 0.3 is 0 Å². The Labute approximate surface area is 120 Å². The summed E-state index contributed by atoms with van der Waals surface area (Å²) in [6.45, 7) is 9.93. The fourth-order valence-electron chi connectivity index (χ4n) is 3.09. The highest BCUT2D eigenvalue weighted by molar-refractivity contribution is 7.09. The normalized spacial score (nSPS) is 33.0. The van der Waals surface area contributed by atoms with Gasteiger partial charge in [0.15, 0.2) is 0 Å². The van der Waals surface area contributed by atoms with Crippen molar-refractivity contribution < 1.29 is 0 Å². The van der Waals surface area contributed by atoms with Crippen molar-refractivity contribution in [2.45, 2.75) is 70.0 Å². The molecule has 0 amide bonds. The van der Waals surface area contributed by atoms with E-state index >= 15 is 0 Å². The average molecular weight is 279 g/mol. The Bertz CT molecular complexity index is 472. The van der Waals surface area contributed by atoms with Crippen LogP contribution in [-0.4, -0.2) is 28.5 Å². The Morgan fingerprint density at radius 1 is 1.42 bits per heavy atom. The molecule has 2 N–H and O–H groups in total. The molecule has 1 aliphatic carbocycles. The van der Waals surface area contributed by atoms with Gasteiger partial charge in [-0.1, -0.05) is 20.8 Å². The molecule has 19 heavy (non-hydrogen) atoms. The Morgan fingerprint density at radius 2 is 2.11 bits per heavy atom. The Hall–Kier alpha value is -0.450. The van der Waals surface area contributed by atoms with Crippen LogP contribution in [0.1, 0.15) is 57.7 Å². The molecule has 2 unspecified atom stereocenters. The van der Waals surface area contributed by atoms with Gasteiger partial charge < -0.3 is 5.73 Å². The molecular formula is C15H25N3S. The van der Waals surface area contributed by atoms with E-state index < -0.39 is 0 Å². The van der Waals surface area contributed by atoms with Crippen LogP contribution in [0.3, 0.4) is 0 Å². The maximum absolute atomic E-state index is 6.69. The van der Waals surface area contributed by atoms with E-state index in [1.165, 1.54) is 18.5 Å². The number of nitrogens with zero attached hydrogens (tertiary/aromatic N) is 2. The zero-order chi connectivity index (χ0) is 13.8. The molecule has 3 rings (SSSR count). The van der Waals surface area contributed by atoms with E-state index in [1.54, 1.807) is 11.3 Å². The van der Waals surface area contributed by atoms with Crippen LogP contribution in [0.5, 0.6) is 0 Å². The molecule has 3 nitrogen and oxygen atoms in total. The summed E-state index contributed by atoms with van der Waals surface area (Å²) in [5.74, 6) is 0. The highest BCUT2D eigenvalue weighted by Gasteiger charge is 2.47. The van der Waals surface area contributed by atoms with Crippen LogP contribution >= 0.6 is 11.3 Å². The van der Waals surface area contributed by atoms with Crippen molar-refractivity contribution in [3.05, 3.63) is 16.1 Å².